The van der Waals surface area contributed by atoms with Gasteiger partial charge in [-0.15, -0.1) is 0 Å². The van der Waals surface area contributed by atoms with Crippen LogP contribution in [0.4, 0.5) is 4.79 Å². The van der Waals surface area contributed by atoms with Crippen molar-refractivity contribution in [3.05, 3.63) is 0 Å². The fraction of sp³-hybridized carbons (Fsp3) is 0.846. The van der Waals surface area contributed by atoms with E-state index in [1.165, 1.54) is 12.8 Å². The van der Waals surface area contributed by atoms with E-state index in [-0.39, 0.29) is 11.9 Å². The second kappa shape index (κ2) is 5.07. The minimum absolute atomic E-state index is 0.0551. The first-order valence-corrected chi connectivity index (χ1v) is 6.84. The largest absolute Gasteiger partial charge is 0.325 e. The molecule has 1 N–H and O–H groups in total. The highest BCUT2D eigenvalue weighted by Gasteiger charge is 2.51. The molecule has 0 aromatic carbocycles. The first-order valence-electron chi connectivity index (χ1n) is 6.84. The Bertz CT molecular complexity index is 307. The molecule has 1 saturated carbocycles. The number of nitrogens with one attached hydrogen (secondary N) is 1. The molecule has 0 bridgehead atoms. The van der Waals surface area contributed by atoms with E-state index in [9.17, 15) is 9.59 Å². The van der Waals surface area contributed by atoms with E-state index in [4.69, 9.17) is 0 Å². The molecule has 3 amide bonds. The highest BCUT2D eigenvalue weighted by atomic mass is 16.2. The van der Waals surface area contributed by atoms with Gasteiger partial charge in [-0.05, 0) is 19.3 Å². The number of carbonyl (C=O) groups is 2. The third-order valence-electron chi connectivity index (χ3n) is 4.07. The topological polar surface area (TPSA) is 49.4 Å². The van der Waals surface area contributed by atoms with Crippen LogP contribution in [0, 0.1) is 0 Å². The predicted molar refractivity (Wildman–Crippen MR) is 65.6 cm³/mol. The summed E-state index contributed by atoms with van der Waals surface area (Å²) in [7, 11) is 0. The summed E-state index contributed by atoms with van der Waals surface area (Å²) in [6.07, 6.45) is 8.20. The zero-order valence-electron chi connectivity index (χ0n) is 10.6. The Labute approximate surface area is 103 Å². The van der Waals surface area contributed by atoms with Crippen molar-refractivity contribution in [2.24, 2.45) is 0 Å². The van der Waals surface area contributed by atoms with Gasteiger partial charge in [0.15, 0.2) is 0 Å². The van der Waals surface area contributed by atoms with E-state index in [0.717, 1.165) is 38.5 Å². The predicted octanol–water partition coefficient (Wildman–Crippen LogP) is 2.43. The lowest BCUT2D eigenvalue weighted by molar-refractivity contribution is -0.127. The van der Waals surface area contributed by atoms with Gasteiger partial charge in [0, 0.05) is 6.54 Å². The summed E-state index contributed by atoms with van der Waals surface area (Å²) in [4.78, 5) is 25.8. The molecule has 4 heteroatoms. The van der Waals surface area contributed by atoms with Crippen molar-refractivity contribution in [1.29, 1.82) is 0 Å². The minimum Gasteiger partial charge on any atom is -0.310 e. The molecule has 17 heavy (non-hydrogen) atoms. The Kier molecular flexibility index (Phi) is 3.69. The number of rotatable bonds is 3. The van der Waals surface area contributed by atoms with Gasteiger partial charge in [-0.3, -0.25) is 10.1 Å². The van der Waals surface area contributed by atoms with Crippen LogP contribution in [0.15, 0.2) is 0 Å². The molecule has 2 rings (SSSR count). The number of unbranched alkanes of at least 4 members (excludes halogenated alkanes) is 1. The molecule has 0 radical (unpaired) electrons. The van der Waals surface area contributed by atoms with Gasteiger partial charge in [0.1, 0.15) is 5.54 Å². The molecule has 0 aromatic heterocycles. The lowest BCUT2D eigenvalue weighted by atomic mass is 9.88. The van der Waals surface area contributed by atoms with Crippen LogP contribution < -0.4 is 5.32 Å². The van der Waals surface area contributed by atoms with Gasteiger partial charge < -0.3 is 4.90 Å². The molecule has 1 aliphatic heterocycles. The van der Waals surface area contributed by atoms with Crippen molar-refractivity contribution in [2.45, 2.75) is 63.8 Å². The van der Waals surface area contributed by atoms with E-state index in [1.54, 1.807) is 0 Å². The van der Waals surface area contributed by atoms with Crippen LogP contribution in [0.5, 0.6) is 0 Å². The van der Waals surface area contributed by atoms with Gasteiger partial charge in [0.25, 0.3) is 5.91 Å². The zero-order chi connectivity index (χ0) is 12.3. The quantitative estimate of drug-likeness (QED) is 0.768. The van der Waals surface area contributed by atoms with E-state index in [1.807, 2.05) is 4.90 Å². The third kappa shape index (κ3) is 2.17. The number of imide groups is 1. The van der Waals surface area contributed by atoms with Gasteiger partial charge in [-0.2, -0.15) is 0 Å². The van der Waals surface area contributed by atoms with Gasteiger partial charge in [-0.25, -0.2) is 4.79 Å². The molecule has 1 saturated heterocycles. The smallest absolute Gasteiger partial charge is 0.310 e. The summed E-state index contributed by atoms with van der Waals surface area (Å²) in [5, 5.41) is 2.51. The van der Waals surface area contributed by atoms with Gasteiger partial charge >= 0.3 is 6.03 Å². The fourth-order valence-electron chi connectivity index (χ4n) is 3.04. The summed E-state index contributed by atoms with van der Waals surface area (Å²) in [6, 6.07) is -0.176. The van der Waals surface area contributed by atoms with E-state index in [0.29, 0.717) is 6.54 Å². The Morgan fingerprint density at radius 1 is 1.18 bits per heavy atom. The molecule has 0 aromatic rings. The maximum absolute atomic E-state index is 12.1. The van der Waals surface area contributed by atoms with Gasteiger partial charge in [0.2, 0.25) is 0 Å². The maximum atomic E-state index is 12.1. The molecular weight excluding hydrogens is 216 g/mol. The van der Waals surface area contributed by atoms with Crippen LogP contribution >= 0.6 is 0 Å². The van der Waals surface area contributed by atoms with Crippen LogP contribution in [-0.2, 0) is 4.79 Å². The summed E-state index contributed by atoms with van der Waals surface area (Å²) in [5.74, 6) is -0.0551. The maximum Gasteiger partial charge on any atom is 0.325 e. The molecule has 1 spiro atoms. The lowest BCUT2D eigenvalue weighted by Crippen LogP contribution is -2.49. The second-order valence-corrected chi connectivity index (χ2v) is 5.21. The Balaban J connectivity index is 2.19. The average molecular weight is 238 g/mol. The van der Waals surface area contributed by atoms with Crippen LogP contribution in [0.3, 0.4) is 0 Å². The highest BCUT2D eigenvalue weighted by Crippen LogP contribution is 2.36. The van der Waals surface area contributed by atoms with Crippen LogP contribution in [-0.4, -0.2) is 28.9 Å². The van der Waals surface area contributed by atoms with Crippen molar-refractivity contribution in [3.63, 3.8) is 0 Å². The van der Waals surface area contributed by atoms with Crippen LogP contribution in [0.2, 0.25) is 0 Å². The Morgan fingerprint density at radius 2 is 1.82 bits per heavy atom. The Hall–Kier alpha value is -1.06. The van der Waals surface area contributed by atoms with Crippen molar-refractivity contribution in [2.75, 3.05) is 6.54 Å². The van der Waals surface area contributed by atoms with Crippen molar-refractivity contribution < 1.29 is 9.59 Å². The number of carbonyl (C=O) groups excluding carboxylic acids is 2. The normalized spacial score (nSPS) is 23.9. The van der Waals surface area contributed by atoms with E-state index in [2.05, 4.69) is 12.2 Å². The second-order valence-electron chi connectivity index (χ2n) is 5.21. The molecule has 1 aliphatic carbocycles. The molecule has 1 heterocycles. The molecule has 0 atom stereocenters. The standard InChI is InChI=1S/C13H22N2O2/c1-2-3-10-15-12(17)14-11(16)13(15)8-6-4-5-7-9-13/h2-10H2,1H3,(H,14,16,17). The number of amides is 3. The van der Waals surface area contributed by atoms with Crippen molar-refractivity contribution in [1.82, 2.24) is 10.2 Å². The third-order valence-corrected chi connectivity index (χ3v) is 4.07. The number of urea groups is 1. The summed E-state index contributed by atoms with van der Waals surface area (Å²) < 4.78 is 0. The summed E-state index contributed by atoms with van der Waals surface area (Å²) in [6.45, 7) is 2.82. The molecular formula is C13H22N2O2. The number of hydrogen-bond acceptors (Lipinski definition) is 2. The van der Waals surface area contributed by atoms with Crippen molar-refractivity contribution in [3.8, 4) is 0 Å². The number of hydrogen-bond donors (Lipinski definition) is 1. The van der Waals surface area contributed by atoms with Crippen molar-refractivity contribution >= 4 is 11.9 Å². The average Bonchev–Trinajstić information content (AvgIpc) is 2.50. The molecule has 96 valence electrons. The van der Waals surface area contributed by atoms with Gasteiger partial charge in [-0.1, -0.05) is 39.0 Å². The lowest BCUT2D eigenvalue weighted by Gasteiger charge is -2.34. The first kappa shape index (κ1) is 12.4. The van der Waals surface area contributed by atoms with E-state index >= 15 is 0 Å². The molecule has 0 unspecified atom stereocenters. The molecule has 2 aliphatic rings. The monoisotopic (exact) mass is 238 g/mol. The zero-order valence-corrected chi connectivity index (χ0v) is 10.6. The van der Waals surface area contributed by atoms with Crippen LogP contribution in [0.1, 0.15) is 58.3 Å². The first-order chi connectivity index (χ1) is 8.20. The summed E-state index contributed by atoms with van der Waals surface area (Å²) in [5.41, 5.74) is -0.511. The summed E-state index contributed by atoms with van der Waals surface area (Å²) >= 11 is 0. The minimum atomic E-state index is -0.511. The SMILES string of the molecule is CCCCN1C(=O)NC(=O)C12CCCCCC2. The highest BCUT2D eigenvalue weighted by molar-refractivity contribution is 6.07. The van der Waals surface area contributed by atoms with E-state index < -0.39 is 5.54 Å². The fourth-order valence-corrected chi connectivity index (χ4v) is 3.04. The number of nitrogens with zero attached hydrogens (tertiary/aromatic N) is 1. The Morgan fingerprint density at radius 3 is 2.41 bits per heavy atom. The van der Waals surface area contributed by atoms with Crippen LogP contribution in [0.25, 0.3) is 0 Å². The van der Waals surface area contributed by atoms with Gasteiger partial charge in [0.05, 0.1) is 0 Å². The molecule has 4 nitrogen and oxygen atoms in total. The molecule has 2 fully saturated rings.